The maximum absolute atomic E-state index is 12.5. The van der Waals surface area contributed by atoms with Crippen LogP contribution in [-0.4, -0.2) is 37.3 Å². The third-order valence-corrected chi connectivity index (χ3v) is 4.06. The molecule has 1 aliphatic carbocycles. The molecule has 1 fully saturated rings. The van der Waals surface area contributed by atoms with Crippen LogP contribution < -0.4 is 4.74 Å². The van der Waals surface area contributed by atoms with Crippen LogP contribution in [0.2, 0.25) is 0 Å². The van der Waals surface area contributed by atoms with E-state index < -0.39 is 6.10 Å². The van der Waals surface area contributed by atoms with Crippen LogP contribution >= 0.6 is 0 Å². The zero-order valence-electron chi connectivity index (χ0n) is 12.6. The highest BCUT2D eigenvalue weighted by atomic mass is 16.5. The van der Waals surface area contributed by atoms with Gasteiger partial charge in [-0.15, -0.1) is 0 Å². The van der Waals surface area contributed by atoms with Crippen molar-refractivity contribution in [3.05, 3.63) is 29.8 Å². The highest BCUT2D eigenvalue weighted by Gasteiger charge is 2.29. The molecule has 1 atom stereocenters. The van der Waals surface area contributed by atoms with Crippen LogP contribution in [0.25, 0.3) is 0 Å². The van der Waals surface area contributed by atoms with Crippen molar-refractivity contribution in [2.24, 2.45) is 5.92 Å². The van der Waals surface area contributed by atoms with E-state index in [-0.39, 0.29) is 11.7 Å². The maximum Gasteiger partial charge on any atom is 0.195 e. The Balaban J connectivity index is 2.06. The molecule has 4 nitrogen and oxygen atoms in total. The number of methoxy groups -OCH3 is 1. The molecule has 0 bridgehead atoms. The van der Waals surface area contributed by atoms with Crippen molar-refractivity contribution in [2.75, 3.05) is 20.3 Å². The van der Waals surface area contributed by atoms with Crippen molar-refractivity contribution in [2.45, 2.75) is 38.2 Å². The standard InChI is InChI=1S/C17H24O4/c1-20-11-12-21-15-10-6-5-9-14(15)17(19)16(18)13-7-3-2-4-8-13/h5-6,9-10,13,16,18H,2-4,7-8,11-12H2,1H3. The second kappa shape index (κ2) is 8.15. The number of hydrogen-bond donors (Lipinski definition) is 1. The first-order valence-electron chi connectivity index (χ1n) is 7.67. The predicted octanol–water partition coefficient (Wildman–Crippen LogP) is 2.84. The summed E-state index contributed by atoms with van der Waals surface area (Å²) in [5, 5.41) is 10.4. The molecule has 0 aliphatic heterocycles. The van der Waals surface area contributed by atoms with Crippen molar-refractivity contribution < 1.29 is 19.4 Å². The zero-order chi connectivity index (χ0) is 15.1. The third-order valence-electron chi connectivity index (χ3n) is 4.06. The van der Waals surface area contributed by atoms with Gasteiger partial charge in [-0.1, -0.05) is 31.4 Å². The quantitative estimate of drug-likeness (QED) is 0.620. The summed E-state index contributed by atoms with van der Waals surface area (Å²) in [6.07, 6.45) is 4.34. The summed E-state index contributed by atoms with van der Waals surface area (Å²) in [5.41, 5.74) is 0.465. The molecule has 21 heavy (non-hydrogen) atoms. The second-order valence-corrected chi connectivity index (χ2v) is 5.54. The Morgan fingerprint density at radius 2 is 1.95 bits per heavy atom. The lowest BCUT2D eigenvalue weighted by atomic mass is 9.82. The summed E-state index contributed by atoms with van der Waals surface area (Å²) in [6, 6.07) is 7.10. The fourth-order valence-electron chi connectivity index (χ4n) is 2.85. The third kappa shape index (κ3) is 4.29. The Morgan fingerprint density at radius 3 is 2.67 bits per heavy atom. The van der Waals surface area contributed by atoms with Gasteiger partial charge in [0.25, 0.3) is 0 Å². The Labute approximate surface area is 126 Å². The van der Waals surface area contributed by atoms with Gasteiger partial charge >= 0.3 is 0 Å². The van der Waals surface area contributed by atoms with E-state index in [0.717, 1.165) is 25.7 Å². The molecular formula is C17H24O4. The van der Waals surface area contributed by atoms with Crippen molar-refractivity contribution in [3.63, 3.8) is 0 Å². The first-order chi connectivity index (χ1) is 10.2. The van der Waals surface area contributed by atoms with E-state index in [9.17, 15) is 9.90 Å². The number of aliphatic hydroxyl groups is 1. The molecule has 1 aromatic carbocycles. The monoisotopic (exact) mass is 292 g/mol. The van der Waals surface area contributed by atoms with Crippen LogP contribution in [-0.2, 0) is 4.74 Å². The minimum absolute atomic E-state index is 0.0817. The molecular weight excluding hydrogens is 268 g/mol. The molecule has 0 spiro atoms. The molecule has 0 radical (unpaired) electrons. The molecule has 2 rings (SSSR count). The molecule has 116 valence electrons. The van der Waals surface area contributed by atoms with Crippen molar-refractivity contribution >= 4 is 5.78 Å². The number of ether oxygens (including phenoxy) is 2. The minimum Gasteiger partial charge on any atom is -0.490 e. The Hall–Kier alpha value is -1.39. The Kier molecular flexibility index (Phi) is 6.21. The molecule has 1 aliphatic rings. The van der Waals surface area contributed by atoms with Crippen molar-refractivity contribution in [1.82, 2.24) is 0 Å². The number of hydrogen-bond acceptors (Lipinski definition) is 4. The van der Waals surface area contributed by atoms with Gasteiger partial charge in [-0.25, -0.2) is 0 Å². The number of benzene rings is 1. The number of carbonyl (C=O) groups excluding carboxylic acids is 1. The summed E-state index contributed by atoms with van der Waals surface area (Å²) in [4.78, 5) is 12.5. The smallest absolute Gasteiger partial charge is 0.195 e. The first kappa shape index (κ1) is 16.0. The van der Waals surface area contributed by atoms with E-state index in [1.54, 1.807) is 25.3 Å². The molecule has 1 unspecified atom stereocenters. The summed E-state index contributed by atoms with van der Waals surface area (Å²) >= 11 is 0. The van der Waals surface area contributed by atoms with Crippen LogP contribution in [0.1, 0.15) is 42.5 Å². The minimum atomic E-state index is -0.919. The van der Waals surface area contributed by atoms with Crippen LogP contribution in [0, 0.1) is 5.92 Å². The maximum atomic E-state index is 12.5. The van der Waals surface area contributed by atoms with Gasteiger partial charge < -0.3 is 14.6 Å². The predicted molar refractivity (Wildman–Crippen MR) is 80.7 cm³/mol. The van der Waals surface area contributed by atoms with E-state index in [0.29, 0.717) is 24.5 Å². The summed E-state index contributed by atoms with van der Waals surface area (Å²) in [7, 11) is 1.60. The van der Waals surface area contributed by atoms with E-state index in [2.05, 4.69) is 0 Å². The van der Waals surface area contributed by atoms with Crippen molar-refractivity contribution in [3.8, 4) is 5.75 Å². The summed E-state index contributed by atoms with van der Waals surface area (Å²) in [5.74, 6) is 0.377. The lowest BCUT2D eigenvalue weighted by Gasteiger charge is -2.26. The molecule has 1 saturated carbocycles. The molecule has 0 amide bonds. The van der Waals surface area contributed by atoms with Gasteiger partial charge in [0.15, 0.2) is 5.78 Å². The van der Waals surface area contributed by atoms with Crippen molar-refractivity contribution in [1.29, 1.82) is 0 Å². The van der Waals surface area contributed by atoms with E-state index >= 15 is 0 Å². The SMILES string of the molecule is COCCOc1ccccc1C(=O)C(O)C1CCCCC1. The van der Waals surface area contributed by atoms with Crippen LogP contribution in [0.3, 0.4) is 0 Å². The Morgan fingerprint density at radius 1 is 1.24 bits per heavy atom. The fourth-order valence-corrected chi connectivity index (χ4v) is 2.85. The number of ketones is 1. The number of aliphatic hydroxyl groups excluding tert-OH is 1. The van der Waals surface area contributed by atoms with Crippen LogP contribution in [0.4, 0.5) is 0 Å². The Bertz CT molecular complexity index is 452. The molecule has 0 heterocycles. The highest BCUT2D eigenvalue weighted by Crippen LogP contribution is 2.29. The van der Waals surface area contributed by atoms with Crippen LogP contribution in [0.15, 0.2) is 24.3 Å². The van der Waals surface area contributed by atoms with Crippen LogP contribution in [0.5, 0.6) is 5.75 Å². The first-order valence-corrected chi connectivity index (χ1v) is 7.67. The molecule has 0 saturated heterocycles. The fraction of sp³-hybridized carbons (Fsp3) is 0.588. The van der Waals surface area contributed by atoms with Gasteiger partial charge in [-0.05, 0) is 30.9 Å². The highest BCUT2D eigenvalue weighted by molar-refractivity contribution is 6.01. The average Bonchev–Trinajstić information content (AvgIpc) is 2.55. The van der Waals surface area contributed by atoms with E-state index in [1.807, 2.05) is 6.07 Å². The van der Waals surface area contributed by atoms with E-state index in [1.165, 1.54) is 6.42 Å². The van der Waals surface area contributed by atoms with Gasteiger partial charge in [0.1, 0.15) is 18.5 Å². The van der Waals surface area contributed by atoms with Gasteiger partial charge in [-0.2, -0.15) is 0 Å². The summed E-state index contributed by atoms with van der Waals surface area (Å²) < 4.78 is 10.5. The number of Topliss-reactive ketones (excluding diaryl/α,β-unsaturated/α-hetero) is 1. The lowest BCUT2D eigenvalue weighted by molar-refractivity contribution is 0.0529. The average molecular weight is 292 g/mol. The van der Waals surface area contributed by atoms with Gasteiger partial charge in [0.2, 0.25) is 0 Å². The van der Waals surface area contributed by atoms with Gasteiger partial charge in [-0.3, -0.25) is 4.79 Å². The van der Waals surface area contributed by atoms with E-state index in [4.69, 9.17) is 9.47 Å². The second-order valence-electron chi connectivity index (χ2n) is 5.54. The molecule has 1 N–H and O–H groups in total. The molecule has 0 aromatic heterocycles. The topological polar surface area (TPSA) is 55.8 Å². The largest absolute Gasteiger partial charge is 0.490 e. The van der Waals surface area contributed by atoms with Gasteiger partial charge in [0.05, 0.1) is 12.2 Å². The lowest BCUT2D eigenvalue weighted by Crippen LogP contribution is -2.31. The number of carbonyl (C=O) groups is 1. The zero-order valence-corrected chi connectivity index (χ0v) is 12.6. The normalized spacial score (nSPS) is 17.4. The molecule has 1 aromatic rings. The number of para-hydroxylation sites is 1. The summed E-state index contributed by atoms with van der Waals surface area (Å²) in [6.45, 7) is 0.855. The van der Waals surface area contributed by atoms with Gasteiger partial charge in [0, 0.05) is 7.11 Å². The number of rotatable bonds is 7. The molecule has 4 heteroatoms.